The number of carbonyl (C=O) groups excluding carboxylic acids is 1. The van der Waals surface area contributed by atoms with Crippen LogP contribution in [0.5, 0.6) is 5.75 Å². The highest BCUT2D eigenvalue weighted by Gasteiger charge is 2.16. The third kappa shape index (κ3) is 5.73. The number of morpholine rings is 1. The van der Waals surface area contributed by atoms with Crippen molar-refractivity contribution in [1.82, 2.24) is 4.90 Å². The highest BCUT2D eigenvalue weighted by Crippen LogP contribution is 2.11. The summed E-state index contributed by atoms with van der Waals surface area (Å²) >= 11 is 0. The van der Waals surface area contributed by atoms with E-state index in [1.165, 1.54) is 0 Å². The van der Waals surface area contributed by atoms with Gasteiger partial charge >= 0.3 is 5.97 Å². The first-order chi connectivity index (χ1) is 10.1. The van der Waals surface area contributed by atoms with Gasteiger partial charge in [0.25, 0.3) is 0 Å². The van der Waals surface area contributed by atoms with Gasteiger partial charge in [0.2, 0.25) is 0 Å². The molecule has 0 bridgehead atoms. The average molecular weight is 293 g/mol. The molecule has 1 aliphatic heterocycles. The summed E-state index contributed by atoms with van der Waals surface area (Å²) in [7, 11) is 0. The minimum Gasteiger partial charge on any atom is -0.482 e. The molecule has 1 fully saturated rings. The molecule has 1 saturated heterocycles. The van der Waals surface area contributed by atoms with Crippen LogP contribution in [0.3, 0.4) is 0 Å². The predicted molar refractivity (Wildman–Crippen MR) is 79.5 cm³/mol. The van der Waals surface area contributed by atoms with E-state index in [0.29, 0.717) is 5.75 Å². The number of rotatable bonds is 6. The van der Waals surface area contributed by atoms with Crippen LogP contribution in [-0.2, 0) is 14.3 Å². The molecule has 5 nitrogen and oxygen atoms in total. The van der Waals surface area contributed by atoms with Crippen molar-refractivity contribution >= 4 is 5.97 Å². The summed E-state index contributed by atoms with van der Waals surface area (Å²) < 4.78 is 16.0. The van der Waals surface area contributed by atoms with Gasteiger partial charge < -0.3 is 14.2 Å². The number of hydrogen-bond acceptors (Lipinski definition) is 5. The molecule has 1 aromatic rings. The van der Waals surface area contributed by atoms with E-state index in [1.807, 2.05) is 38.1 Å². The van der Waals surface area contributed by atoms with E-state index in [0.717, 1.165) is 38.4 Å². The van der Waals surface area contributed by atoms with Crippen LogP contribution in [0.2, 0.25) is 0 Å². The van der Waals surface area contributed by atoms with E-state index < -0.39 is 0 Å². The lowest BCUT2D eigenvalue weighted by molar-refractivity contribution is -0.151. The van der Waals surface area contributed by atoms with Gasteiger partial charge in [-0.25, -0.2) is 4.79 Å². The van der Waals surface area contributed by atoms with Crippen molar-refractivity contribution in [3.05, 3.63) is 29.8 Å². The zero-order valence-electron chi connectivity index (χ0n) is 12.7. The van der Waals surface area contributed by atoms with Gasteiger partial charge in [0.15, 0.2) is 6.61 Å². The topological polar surface area (TPSA) is 48.0 Å². The van der Waals surface area contributed by atoms with Gasteiger partial charge in [-0.05, 0) is 26.0 Å². The first-order valence-corrected chi connectivity index (χ1v) is 7.32. The fraction of sp³-hybridized carbons (Fsp3) is 0.562. The lowest BCUT2D eigenvalue weighted by Crippen LogP contribution is -2.41. The number of nitrogens with zero attached hydrogens (tertiary/aromatic N) is 1. The largest absolute Gasteiger partial charge is 0.482 e. The first kappa shape index (κ1) is 15.8. The summed E-state index contributed by atoms with van der Waals surface area (Å²) in [4.78, 5) is 14.0. The minimum absolute atomic E-state index is 0.0590. The molecule has 0 amide bonds. The quantitative estimate of drug-likeness (QED) is 0.746. The SMILES string of the molecule is Cc1ccc(OCC(=O)O[C@@H](C)CN2CCOCC2)cc1. The minimum atomic E-state index is -0.337. The molecule has 116 valence electrons. The maximum Gasteiger partial charge on any atom is 0.344 e. The fourth-order valence-corrected chi connectivity index (χ4v) is 2.22. The van der Waals surface area contributed by atoms with E-state index in [2.05, 4.69) is 4.90 Å². The number of benzene rings is 1. The second-order valence-electron chi connectivity index (χ2n) is 5.32. The lowest BCUT2D eigenvalue weighted by Gasteiger charge is -2.28. The predicted octanol–water partition coefficient (Wildman–Crippen LogP) is 1.64. The standard InChI is InChI=1S/C16H23NO4/c1-13-3-5-15(6-4-13)20-12-16(18)21-14(2)11-17-7-9-19-10-8-17/h3-6,14H,7-12H2,1-2H3/t14-/m0/s1. The van der Waals surface area contributed by atoms with Gasteiger partial charge in [-0.2, -0.15) is 0 Å². The van der Waals surface area contributed by atoms with Gasteiger partial charge in [0.1, 0.15) is 11.9 Å². The maximum atomic E-state index is 11.7. The molecule has 1 aromatic carbocycles. The Morgan fingerprint density at radius 3 is 2.62 bits per heavy atom. The third-order valence-corrected chi connectivity index (χ3v) is 3.33. The summed E-state index contributed by atoms with van der Waals surface area (Å²) in [5.74, 6) is 0.342. The highest BCUT2D eigenvalue weighted by atomic mass is 16.6. The monoisotopic (exact) mass is 293 g/mol. The Morgan fingerprint density at radius 1 is 1.29 bits per heavy atom. The molecule has 21 heavy (non-hydrogen) atoms. The van der Waals surface area contributed by atoms with Crippen LogP contribution >= 0.6 is 0 Å². The summed E-state index contributed by atoms with van der Waals surface area (Å²) in [5.41, 5.74) is 1.16. The third-order valence-electron chi connectivity index (χ3n) is 3.33. The second kappa shape index (κ2) is 8.00. The van der Waals surface area contributed by atoms with Crippen molar-refractivity contribution in [3.8, 4) is 5.75 Å². The lowest BCUT2D eigenvalue weighted by atomic mass is 10.2. The zero-order valence-corrected chi connectivity index (χ0v) is 12.7. The summed E-state index contributed by atoms with van der Waals surface area (Å²) in [5, 5.41) is 0. The van der Waals surface area contributed by atoms with Crippen LogP contribution in [-0.4, -0.2) is 56.4 Å². The van der Waals surface area contributed by atoms with Gasteiger partial charge in [-0.1, -0.05) is 17.7 Å². The number of ether oxygens (including phenoxy) is 3. The van der Waals surface area contributed by atoms with Crippen LogP contribution in [0, 0.1) is 6.92 Å². The maximum absolute atomic E-state index is 11.7. The van der Waals surface area contributed by atoms with Crippen molar-refractivity contribution in [3.63, 3.8) is 0 Å². The molecule has 1 atom stereocenters. The number of carbonyl (C=O) groups is 1. The number of aryl methyl sites for hydroxylation is 1. The molecule has 0 saturated carbocycles. The van der Waals surface area contributed by atoms with Gasteiger partial charge in [-0.3, -0.25) is 4.90 Å². The Hall–Kier alpha value is -1.59. The molecule has 1 aliphatic rings. The van der Waals surface area contributed by atoms with Crippen LogP contribution in [0.4, 0.5) is 0 Å². The molecule has 0 aliphatic carbocycles. The molecular weight excluding hydrogens is 270 g/mol. The van der Waals surface area contributed by atoms with Gasteiger partial charge in [-0.15, -0.1) is 0 Å². The summed E-state index contributed by atoms with van der Waals surface area (Å²) in [6.45, 7) is 7.86. The summed E-state index contributed by atoms with van der Waals surface area (Å²) in [6.07, 6.45) is -0.141. The zero-order chi connectivity index (χ0) is 15.1. The Morgan fingerprint density at radius 2 is 1.95 bits per heavy atom. The molecule has 2 rings (SSSR count). The Labute approximate surface area is 125 Å². The normalized spacial score (nSPS) is 17.2. The molecule has 0 spiro atoms. The van der Waals surface area contributed by atoms with E-state index in [1.54, 1.807) is 0 Å². The van der Waals surface area contributed by atoms with Crippen LogP contribution < -0.4 is 4.74 Å². The van der Waals surface area contributed by atoms with Crippen molar-refractivity contribution in [1.29, 1.82) is 0 Å². The highest BCUT2D eigenvalue weighted by molar-refractivity contribution is 5.71. The van der Waals surface area contributed by atoms with Gasteiger partial charge in [0, 0.05) is 19.6 Å². The van der Waals surface area contributed by atoms with Crippen molar-refractivity contribution in [2.75, 3.05) is 39.5 Å². The van der Waals surface area contributed by atoms with E-state index in [9.17, 15) is 4.79 Å². The molecule has 0 N–H and O–H groups in total. The molecule has 1 heterocycles. The Kier molecular flexibility index (Phi) is 6.02. The van der Waals surface area contributed by atoms with Crippen molar-refractivity contribution in [2.24, 2.45) is 0 Å². The molecule has 0 radical (unpaired) electrons. The number of hydrogen-bond donors (Lipinski definition) is 0. The van der Waals surface area contributed by atoms with E-state index >= 15 is 0 Å². The summed E-state index contributed by atoms with van der Waals surface area (Å²) in [6, 6.07) is 7.59. The van der Waals surface area contributed by atoms with Crippen molar-refractivity contribution < 1.29 is 19.0 Å². The molecule has 0 unspecified atom stereocenters. The van der Waals surface area contributed by atoms with Crippen LogP contribution in [0.15, 0.2) is 24.3 Å². The Bertz CT molecular complexity index is 440. The molecule has 0 aromatic heterocycles. The first-order valence-electron chi connectivity index (χ1n) is 7.32. The van der Waals surface area contributed by atoms with Crippen LogP contribution in [0.25, 0.3) is 0 Å². The Balaban J connectivity index is 1.67. The number of esters is 1. The van der Waals surface area contributed by atoms with E-state index in [4.69, 9.17) is 14.2 Å². The fourth-order valence-electron chi connectivity index (χ4n) is 2.22. The van der Waals surface area contributed by atoms with Crippen molar-refractivity contribution in [2.45, 2.75) is 20.0 Å². The second-order valence-corrected chi connectivity index (χ2v) is 5.32. The van der Waals surface area contributed by atoms with Gasteiger partial charge in [0.05, 0.1) is 13.2 Å². The smallest absolute Gasteiger partial charge is 0.344 e. The average Bonchev–Trinajstić information content (AvgIpc) is 2.47. The van der Waals surface area contributed by atoms with E-state index in [-0.39, 0.29) is 18.7 Å². The van der Waals surface area contributed by atoms with Crippen LogP contribution in [0.1, 0.15) is 12.5 Å². The molecule has 5 heteroatoms. The molecular formula is C16H23NO4.